The largest absolute Gasteiger partial charge is 0.373 e. The smallest absolute Gasteiger partial charge is 0.253 e. The van der Waals surface area contributed by atoms with E-state index in [-0.39, 0.29) is 18.1 Å². The van der Waals surface area contributed by atoms with E-state index in [9.17, 15) is 4.79 Å². The number of ether oxygens (including phenoxy) is 1. The fourth-order valence-corrected chi connectivity index (χ4v) is 3.72. The lowest BCUT2D eigenvalue weighted by atomic mass is 10.1. The van der Waals surface area contributed by atoms with E-state index in [4.69, 9.17) is 4.74 Å². The Balaban J connectivity index is 1.59. The van der Waals surface area contributed by atoms with Crippen LogP contribution in [0.15, 0.2) is 24.3 Å². The number of nitrogens with zero attached hydrogens (tertiary/aromatic N) is 2. The number of benzene rings is 1. The first-order valence-corrected chi connectivity index (χ1v) is 9.00. The number of carbonyl (C=O) groups is 1. The van der Waals surface area contributed by atoms with Crippen LogP contribution >= 0.6 is 0 Å². The van der Waals surface area contributed by atoms with E-state index in [0.717, 1.165) is 44.8 Å². The Morgan fingerprint density at radius 3 is 2.42 bits per heavy atom. The summed E-state index contributed by atoms with van der Waals surface area (Å²) in [4.78, 5) is 17.0. The van der Waals surface area contributed by atoms with Gasteiger partial charge in [-0.25, -0.2) is 0 Å². The van der Waals surface area contributed by atoms with Gasteiger partial charge in [0, 0.05) is 50.9 Å². The van der Waals surface area contributed by atoms with E-state index < -0.39 is 0 Å². The van der Waals surface area contributed by atoms with Crippen LogP contribution in [-0.2, 0) is 11.3 Å². The molecule has 5 heteroatoms. The Bertz CT molecular complexity index is 550. The monoisotopic (exact) mass is 331 g/mol. The summed E-state index contributed by atoms with van der Waals surface area (Å²) in [6.07, 6.45) is 0.564. The summed E-state index contributed by atoms with van der Waals surface area (Å²) >= 11 is 0. The van der Waals surface area contributed by atoms with E-state index in [0.29, 0.717) is 6.04 Å². The zero-order valence-corrected chi connectivity index (χ0v) is 15.0. The van der Waals surface area contributed by atoms with Gasteiger partial charge in [0.05, 0.1) is 12.2 Å². The second-order valence-corrected chi connectivity index (χ2v) is 7.25. The zero-order valence-electron chi connectivity index (χ0n) is 15.0. The summed E-state index contributed by atoms with van der Waals surface area (Å²) in [7, 11) is 0. The normalized spacial score (nSPS) is 28.8. The molecule has 0 bridgehead atoms. The molecular formula is C19H29N3O2. The highest BCUT2D eigenvalue weighted by Gasteiger charge is 2.23. The Labute approximate surface area is 145 Å². The number of morpholine rings is 1. The third kappa shape index (κ3) is 4.35. The van der Waals surface area contributed by atoms with Crippen LogP contribution in [0.4, 0.5) is 0 Å². The first-order chi connectivity index (χ1) is 11.5. The van der Waals surface area contributed by atoms with Crippen molar-refractivity contribution in [2.45, 2.75) is 45.6 Å². The molecule has 1 aromatic carbocycles. The highest BCUT2D eigenvalue weighted by molar-refractivity contribution is 5.94. The van der Waals surface area contributed by atoms with Crippen molar-refractivity contribution in [2.75, 3.05) is 32.7 Å². The molecule has 2 aliphatic rings. The van der Waals surface area contributed by atoms with Crippen molar-refractivity contribution >= 4 is 5.91 Å². The number of rotatable bonds is 3. The van der Waals surface area contributed by atoms with E-state index in [1.54, 1.807) is 0 Å². The van der Waals surface area contributed by atoms with Crippen molar-refractivity contribution in [2.24, 2.45) is 0 Å². The number of nitrogens with one attached hydrogen (secondary N) is 1. The molecule has 1 aromatic rings. The highest BCUT2D eigenvalue weighted by Crippen LogP contribution is 2.15. The van der Waals surface area contributed by atoms with Gasteiger partial charge in [0.2, 0.25) is 0 Å². The fraction of sp³-hybridized carbons (Fsp3) is 0.632. The lowest BCUT2D eigenvalue weighted by Crippen LogP contribution is -2.51. The molecule has 3 rings (SSSR count). The van der Waals surface area contributed by atoms with Gasteiger partial charge in [-0.15, -0.1) is 0 Å². The van der Waals surface area contributed by atoms with Crippen LogP contribution in [0.1, 0.15) is 36.7 Å². The maximum Gasteiger partial charge on any atom is 0.253 e. The van der Waals surface area contributed by atoms with E-state index in [2.05, 4.69) is 43.1 Å². The molecule has 1 amide bonds. The van der Waals surface area contributed by atoms with Crippen LogP contribution in [0.5, 0.6) is 0 Å². The molecule has 0 aliphatic carbocycles. The minimum absolute atomic E-state index is 0.142. The molecule has 2 fully saturated rings. The molecule has 3 atom stereocenters. The predicted molar refractivity (Wildman–Crippen MR) is 95.1 cm³/mol. The third-order valence-corrected chi connectivity index (χ3v) is 4.76. The molecule has 2 saturated heterocycles. The minimum Gasteiger partial charge on any atom is -0.373 e. The molecule has 5 nitrogen and oxygen atoms in total. The van der Waals surface area contributed by atoms with Gasteiger partial charge in [0.1, 0.15) is 0 Å². The third-order valence-electron chi connectivity index (χ3n) is 4.76. The average Bonchev–Trinajstić information content (AvgIpc) is 2.54. The first kappa shape index (κ1) is 17.4. The molecule has 0 saturated carbocycles. The van der Waals surface area contributed by atoms with Gasteiger partial charge in [0.25, 0.3) is 5.91 Å². The highest BCUT2D eigenvalue weighted by atomic mass is 16.5. The molecule has 0 radical (unpaired) electrons. The van der Waals surface area contributed by atoms with E-state index in [1.807, 2.05) is 17.0 Å². The molecular weight excluding hydrogens is 302 g/mol. The van der Waals surface area contributed by atoms with Crippen molar-refractivity contribution in [3.05, 3.63) is 35.4 Å². The van der Waals surface area contributed by atoms with Gasteiger partial charge >= 0.3 is 0 Å². The first-order valence-electron chi connectivity index (χ1n) is 9.00. The lowest BCUT2D eigenvalue weighted by molar-refractivity contribution is -0.0704. The molecule has 0 spiro atoms. The van der Waals surface area contributed by atoms with Gasteiger partial charge in [-0.2, -0.15) is 0 Å². The standard InChI is InChI=1S/C19H29N3O2/c1-14-10-22(9-8-20-14)19(23)18-6-4-17(5-7-18)13-21-11-15(2)24-16(3)12-21/h4-7,14-16,20H,8-13H2,1-3H3/t14-,15-,16+/m0/s1. The second kappa shape index (κ2) is 7.64. The minimum atomic E-state index is 0.142. The SMILES string of the molecule is C[C@@H]1CN(Cc2ccc(C(=O)N3CCN[C@@H](C)C3)cc2)C[C@H](C)O1. The zero-order chi connectivity index (χ0) is 17.1. The van der Waals surface area contributed by atoms with Gasteiger partial charge < -0.3 is 15.0 Å². The summed E-state index contributed by atoms with van der Waals surface area (Å²) < 4.78 is 5.78. The Kier molecular flexibility index (Phi) is 5.54. The van der Waals surface area contributed by atoms with E-state index >= 15 is 0 Å². The van der Waals surface area contributed by atoms with Crippen LogP contribution in [-0.4, -0.2) is 66.7 Å². The van der Waals surface area contributed by atoms with Crippen LogP contribution in [0.25, 0.3) is 0 Å². The topological polar surface area (TPSA) is 44.8 Å². The van der Waals surface area contributed by atoms with Gasteiger partial charge in [-0.1, -0.05) is 12.1 Å². The maximum atomic E-state index is 12.6. The molecule has 2 heterocycles. The quantitative estimate of drug-likeness (QED) is 0.916. The Morgan fingerprint density at radius 1 is 1.12 bits per heavy atom. The van der Waals surface area contributed by atoms with Gasteiger partial charge in [-0.05, 0) is 38.5 Å². The van der Waals surface area contributed by atoms with Gasteiger partial charge in [-0.3, -0.25) is 9.69 Å². The molecule has 0 unspecified atom stereocenters. The summed E-state index contributed by atoms with van der Waals surface area (Å²) in [5.74, 6) is 0.142. The molecule has 2 aliphatic heterocycles. The predicted octanol–water partition coefficient (Wildman–Crippen LogP) is 1.73. The number of piperazine rings is 1. The number of carbonyl (C=O) groups excluding carboxylic acids is 1. The van der Waals surface area contributed by atoms with Crippen LogP contribution < -0.4 is 5.32 Å². The summed E-state index contributed by atoms with van der Waals surface area (Å²) in [5.41, 5.74) is 2.04. The lowest BCUT2D eigenvalue weighted by Gasteiger charge is -2.35. The summed E-state index contributed by atoms with van der Waals surface area (Å²) in [5, 5.41) is 3.37. The average molecular weight is 331 g/mol. The maximum absolute atomic E-state index is 12.6. The van der Waals surface area contributed by atoms with Crippen LogP contribution in [0.2, 0.25) is 0 Å². The van der Waals surface area contributed by atoms with Crippen molar-refractivity contribution in [3.63, 3.8) is 0 Å². The Hall–Kier alpha value is -1.43. The van der Waals surface area contributed by atoms with Crippen molar-refractivity contribution < 1.29 is 9.53 Å². The molecule has 24 heavy (non-hydrogen) atoms. The fourth-order valence-electron chi connectivity index (χ4n) is 3.72. The van der Waals surface area contributed by atoms with Crippen molar-refractivity contribution in [3.8, 4) is 0 Å². The van der Waals surface area contributed by atoms with Crippen LogP contribution in [0.3, 0.4) is 0 Å². The molecule has 132 valence electrons. The number of amides is 1. The Morgan fingerprint density at radius 2 is 1.79 bits per heavy atom. The van der Waals surface area contributed by atoms with Crippen molar-refractivity contribution in [1.82, 2.24) is 15.1 Å². The second-order valence-electron chi connectivity index (χ2n) is 7.25. The summed E-state index contributed by atoms with van der Waals surface area (Å²) in [6, 6.07) is 8.48. The van der Waals surface area contributed by atoms with Gasteiger partial charge in [0.15, 0.2) is 0 Å². The number of hydrogen-bond acceptors (Lipinski definition) is 4. The molecule has 0 aromatic heterocycles. The van der Waals surface area contributed by atoms with E-state index in [1.165, 1.54) is 5.56 Å². The van der Waals surface area contributed by atoms with Crippen molar-refractivity contribution in [1.29, 1.82) is 0 Å². The summed E-state index contributed by atoms with van der Waals surface area (Å²) in [6.45, 7) is 11.6. The molecule has 1 N–H and O–H groups in total. The van der Waals surface area contributed by atoms with Crippen LogP contribution in [0, 0.1) is 0 Å². The number of hydrogen-bond donors (Lipinski definition) is 1.